The minimum atomic E-state index is 0.749. The van der Waals surface area contributed by atoms with Crippen LogP contribution in [0.25, 0.3) is 0 Å². The van der Waals surface area contributed by atoms with Crippen LogP contribution in [0.1, 0.15) is 66.2 Å². The van der Waals surface area contributed by atoms with Gasteiger partial charge in [0.2, 0.25) is 0 Å². The van der Waals surface area contributed by atoms with Crippen LogP contribution in [-0.4, -0.2) is 37.1 Å². The molecule has 5 atom stereocenters. The molecule has 1 saturated carbocycles. The fourth-order valence-corrected chi connectivity index (χ4v) is 4.83. The molecule has 2 fully saturated rings. The van der Waals surface area contributed by atoms with E-state index in [0.29, 0.717) is 0 Å². The van der Waals surface area contributed by atoms with Gasteiger partial charge in [0.05, 0.1) is 0 Å². The first kappa shape index (κ1) is 17.3. The lowest BCUT2D eigenvalue weighted by molar-refractivity contribution is 0.103. The van der Waals surface area contributed by atoms with E-state index in [2.05, 4.69) is 37.9 Å². The van der Waals surface area contributed by atoms with Gasteiger partial charge in [-0.25, -0.2) is 0 Å². The van der Waals surface area contributed by atoms with Crippen molar-refractivity contribution in [2.75, 3.05) is 26.2 Å². The Morgan fingerprint density at radius 3 is 2.57 bits per heavy atom. The maximum absolute atomic E-state index is 3.79. The molecule has 2 nitrogen and oxygen atoms in total. The standard InChI is InChI=1S/C19H38N2/c1-5-17-8-7-10-21(11-9-17)14-18-16(4)12-15(3)13-19(18)20-6-2/h15-20H,5-14H2,1-4H3. The van der Waals surface area contributed by atoms with Crippen molar-refractivity contribution in [1.29, 1.82) is 0 Å². The van der Waals surface area contributed by atoms with Crippen LogP contribution in [0.5, 0.6) is 0 Å². The van der Waals surface area contributed by atoms with Gasteiger partial charge in [0.25, 0.3) is 0 Å². The van der Waals surface area contributed by atoms with Crippen LogP contribution in [-0.2, 0) is 0 Å². The molecule has 2 aliphatic rings. The summed E-state index contributed by atoms with van der Waals surface area (Å²) < 4.78 is 0. The van der Waals surface area contributed by atoms with Gasteiger partial charge in [0.1, 0.15) is 0 Å². The maximum atomic E-state index is 3.79. The first-order valence-corrected chi connectivity index (χ1v) is 9.59. The average Bonchev–Trinajstić information content (AvgIpc) is 2.68. The number of nitrogens with one attached hydrogen (secondary N) is 1. The largest absolute Gasteiger partial charge is 0.314 e. The van der Waals surface area contributed by atoms with Gasteiger partial charge in [-0.2, -0.15) is 0 Å². The molecule has 1 heterocycles. The highest BCUT2D eigenvalue weighted by Gasteiger charge is 2.34. The lowest BCUT2D eigenvalue weighted by atomic mass is 9.72. The van der Waals surface area contributed by atoms with Crippen LogP contribution in [0.4, 0.5) is 0 Å². The van der Waals surface area contributed by atoms with E-state index in [1.54, 1.807) is 0 Å². The summed E-state index contributed by atoms with van der Waals surface area (Å²) in [4.78, 5) is 2.79. The highest BCUT2D eigenvalue weighted by molar-refractivity contribution is 4.89. The second-order valence-electron chi connectivity index (χ2n) is 7.89. The van der Waals surface area contributed by atoms with Gasteiger partial charge < -0.3 is 10.2 Å². The smallest absolute Gasteiger partial charge is 0.0112 e. The fourth-order valence-electron chi connectivity index (χ4n) is 4.83. The first-order chi connectivity index (χ1) is 10.1. The van der Waals surface area contributed by atoms with E-state index in [1.165, 1.54) is 58.2 Å². The molecule has 1 N–H and O–H groups in total. The molecule has 1 saturated heterocycles. The minimum Gasteiger partial charge on any atom is -0.314 e. The Bertz CT molecular complexity index is 291. The zero-order valence-electron chi connectivity index (χ0n) is 14.9. The molecule has 0 aromatic carbocycles. The molecule has 5 unspecified atom stereocenters. The molecule has 1 aliphatic heterocycles. The van der Waals surface area contributed by atoms with Crippen LogP contribution in [0, 0.1) is 23.7 Å². The molecule has 0 spiro atoms. The van der Waals surface area contributed by atoms with E-state index in [0.717, 1.165) is 36.3 Å². The minimum absolute atomic E-state index is 0.749. The number of rotatable bonds is 5. The Hall–Kier alpha value is -0.0800. The molecule has 0 aromatic heterocycles. The van der Waals surface area contributed by atoms with Gasteiger partial charge >= 0.3 is 0 Å². The van der Waals surface area contributed by atoms with Crippen molar-refractivity contribution in [3.63, 3.8) is 0 Å². The Kier molecular flexibility index (Phi) is 7.01. The van der Waals surface area contributed by atoms with Gasteiger partial charge in [0, 0.05) is 12.6 Å². The molecule has 0 aromatic rings. The summed E-state index contributed by atoms with van der Waals surface area (Å²) in [5, 5.41) is 3.79. The fraction of sp³-hybridized carbons (Fsp3) is 1.00. The summed E-state index contributed by atoms with van der Waals surface area (Å²) in [5.41, 5.74) is 0. The topological polar surface area (TPSA) is 15.3 Å². The summed E-state index contributed by atoms with van der Waals surface area (Å²) >= 11 is 0. The molecule has 2 heteroatoms. The highest BCUT2D eigenvalue weighted by Crippen LogP contribution is 2.35. The summed E-state index contributed by atoms with van der Waals surface area (Å²) in [7, 11) is 0. The van der Waals surface area contributed by atoms with Crippen LogP contribution in [0.15, 0.2) is 0 Å². The molecule has 0 amide bonds. The van der Waals surface area contributed by atoms with Gasteiger partial charge in [-0.3, -0.25) is 0 Å². The molecule has 21 heavy (non-hydrogen) atoms. The number of nitrogens with zero attached hydrogens (tertiary/aromatic N) is 1. The molecular formula is C19H38N2. The van der Waals surface area contributed by atoms with Gasteiger partial charge in [-0.1, -0.05) is 34.1 Å². The Balaban J connectivity index is 1.91. The molecule has 1 aliphatic carbocycles. The van der Waals surface area contributed by atoms with E-state index in [4.69, 9.17) is 0 Å². The van der Waals surface area contributed by atoms with Crippen molar-refractivity contribution in [1.82, 2.24) is 10.2 Å². The zero-order valence-corrected chi connectivity index (χ0v) is 14.9. The van der Waals surface area contributed by atoms with Crippen LogP contribution in [0.3, 0.4) is 0 Å². The molecule has 0 radical (unpaired) electrons. The van der Waals surface area contributed by atoms with Crippen molar-refractivity contribution in [3.8, 4) is 0 Å². The van der Waals surface area contributed by atoms with Crippen LogP contribution >= 0.6 is 0 Å². The van der Waals surface area contributed by atoms with Gasteiger partial charge in [0.15, 0.2) is 0 Å². The second kappa shape index (κ2) is 8.53. The highest BCUT2D eigenvalue weighted by atomic mass is 15.1. The second-order valence-corrected chi connectivity index (χ2v) is 7.89. The lowest BCUT2D eigenvalue weighted by Crippen LogP contribution is -2.49. The summed E-state index contributed by atoms with van der Waals surface area (Å²) in [6, 6.07) is 0.749. The maximum Gasteiger partial charge on any atom is 0.0112 e. The van der Waals surface area contributed by atoms with Gasteiger partial charge in [-0.05, 0) is 75.4 Å². The van der Waals surface area contributed by atoms with Crippen molar-refractivity contribution >= 4 is 0 Å². The summed E-state index contributed by atoms with van der Waals surface area (Å²) in [5.74, 6) is 3.62. The third-order valence-corrected chi connectivity index (χ3v) is 6.13. The lowest BCUT2D eigenvalue weighted by Gasteiger charge is -2.42. The SMILES string of the molecule is CCNC1CC(C)CC(C)C1CN1CCCC(CC)CC1. The first-order valence-electron chi connectivity index (χ1n) is 9.59. The van der Waals surface area contributed by atoms with E-state index in [1.807, 2.05) is 0 Å². The van der Waals surface area contributed by atoms with Crippen molar-refractivity contribution in [2.24, 2.45) is 23.7 Å². The summed E-state index contributed by atoms with van der Waals surface area (Å²) in [6.45, 7) is 14.7. The number of likely N-dealkylation sites (tertiary alicyclic amines) is 1. The third kappa shape index (κ3) is 4.96. The number of hydrogen-bond donors (Lipinski definition) is 1. The predicted octanol–water partition coefficient (Wildman–Crippen LogP) is 4.16. The van der Waals surface area contributed by atoms with Crippen LogP contribution in [0.2, 0.25) is 0 Å². The summed E-state index contributed by atoms with van der Waals surface area (Å²) in [6.07, 6.45) is 8.50. The van der Waals surface area contributed by atoms with Crippen molar-refractivity contribution in [2.45, 2.75) is 72.3 Å². The van der Waals surface area contributed by atoms with E-state index in [-0.39, 0.29) is 0 Å². The Morgan fingerprint density at radius 2 is 1.86 bits per heavy atom. The zero-order chi connectivity index (χ0) is 15.2. The van der Waals surface area contributed by atoms with E-state index < -0.39 is 0 Å². The van der Waals surface area contributed by atoms with E-state index >= 15 is 0 Å². The van der Waals surface area contributed by atoms with E-state index in [9.17, 15) is 0 Å². The molecule has 2 rings (SSSR count). The Labute approximate surface area is 133 Å². The quantitative estimate of drug-likeness (QED) is 0.819. The van der Waals surface area contributed by atoms with Crippen molar-refractivity contribution in [3.05, 3.63) is 0 Å². The van der Waals surface area contributed by atoms with Gasteiger partial charge in [-0.15, -0.1) is 0 Å². The molecule has 124 valence electrons. The third-order valence-electron chi connectivity index (χ3n) is 6.13. The predicted molar refractivity (Wildman–Crippen MR) is 92.6 cm³/mol. The molecule has 0 bridgehead atoms. The Morgan fingerprint density at radius 1 is 1.05 bits per heavy atom. The van der Waals surface area contributed by atoms with Crippen LogP contribution < -0.4 is 5.32 Å². The van der Waals surface area contributed by atoms with Crippen molar-refractivity contribution < 1.29 is 0 Å². The normalized spacial score (nSPS) is 39.1. The monoisotopic (exact) mass is 294 g/mol. The molecular weight excluding hydrogens is 256 g/mol. The number of hydrogen-bond acceptors (Lipinski definition) is 2. The average molecular weight is 295 g/mol.